The highest BCUT2D eigenvalue weighted by Gasteiger charge is 2.25. The van der Waals surface area contributed by atoms with Gasteiger partial charge in [0.2, 0.25) is 5.95 Å². The molecule has 0 aliphatic heterocycles. The molecular weight excluding hydrogens is 290 g/mol. The zero-order valence-electron chi connectivity index (χ0n) is 13.5. The van der Waals surface area contributed by atoms with Gasteiger partial charge in [-0.15, -0.1) is 0 Å². The highest BCUT2D eigenvalue weighted by molar-refractivity contribution is 5.75. The first kappa shape index (κ1) is 14.2. The summed E-state index contributed by atoms with van der Waals surface area (Å²) in [4.78, 5) is 9.07. The second-order valence-corrected chi connectivity index (χ2v) is 6.42. The molecule has 1 N–H and O–H groups in total. The predicted octanol–water partition coefficient (Wildman–Crippen LogP) is 3.05. The van der Waals surface area contributed by atoms with Crippen molar-refractivity contribution in [3.05, 3.63) is 24.8 Å². The fraction of sp³-hybridized carbons (Fsp3) is 0.500. The molecule has 0 unspecified atom stereocenters. The lowest BCUT2D eigenvalue weighted by Gasteiger charge is -2.29. The monoisotopic (exact) mass is 311 g/mol. The molecule has 2 atom stereocenters. The van der Waals surface area contributed by atoms with Gasteiger partial charge < -0.3 is 5.32 Å². The van der Waals surface area contributed by atoms with Gasteiger partial charge in [0, 0.05) is 19.4 Å². The van der Waals surface area contributed by atoms with Gasteiger partial charge in [0.25, 0.3) is 0 Å². The molecule has 1 aliphatic rings. The van der Waals surface area contributed by atoms with Gasteiger partial charge in [0.05, 0.1) is 29.5 Å². The fourth-order valence-electron chi connectivity index (χ4n) is 3.41. The lowest BCUT2D eigenvalue weighted by Crippen LogP contribution is -2.22. The maximum atomic E-state index is 4.69. The van der Waals surface area contributed by atoms with Crippen molar-refractivity contribution < 1.29 is 0 Å². The first-order chi connectivity index (χ1) is 11.2. The van der Waals surface area contributed by atoms with Crippen molar-refractivity contribution in [3.63, 3.8) is 0 Å². The van der Waals surface area contributed by atoms with E-state index >= 15 is 0 Å². The van der Waals surface area contributed by atoms with Crippen molar-refractivity contribution in [1.82, 2.24) is 29.5 Å². The van der Waals surface area contributed by atoms with Crippen LogP contribution in [0, 0.1) is 5.92 Å². The number of anilines is 2. The summed E-state index contributed by atoms with van der Waals surface area (Å²) in [7, 11) is 1.88. The Bertz CT molecular complexity index is 819. The molecule has 0 bridgehead atoms. The van der Waals surface area contributed by atoms with E-state index in [1.807, 2.05) is 25.6 Å². The topological polar surface area (TPSA) is 73.5 Å². The van der Waals surface area contributed by atoms with Crippen molar-refractivity contribution in [3.8, 4) is 0 Å². The molecule has 7 heteroatoms. The maximum absolute atomic E-state index is 4.69. The van der Waals surface area contributed by atoms with Crippen LogP contribution in [-0.4, -0.2) is 29.5 Å². The SMILES string of the molecule is C[C@H]1CCCC[C@H]1n1ncc2cnc(Nc3cnn(C)c3)nc21. The average molecular weight is 311 g/mol. The Morgan fingerprint density at radius 1 is 1.13 bits per heavy atom. The largest absolute Gasteiger partial charge is 0.321 e. The molecule has 0 saturated heterocycles. The predicted molar refractivity (Wildman–Crippen MR) is 88.5 cm³/mol. The number of aryl methyl sites for hydroxylation is 1. The summed E-state index contributed by atoms with van der Waals surface area (Å²) < 4.78 is 3.84. The van der Waals surface area contributed by atoms with Gasteiger partial charge >= 0.3 is 0 Å². The van der Waals surface area contributed by atoms with Gasteiger partial charge in [-0.05, 0) is 18.8 Å². The molecule has 0 radical (unpaired) electrons. The van der Waals surface area contributed by atoms with Gasteiger partial charge in [0.1, 0.15) is 0 Å². The van der Waals surface area contributed by atoms with Crippen LogP contribution in [0.3, 0.4) is 0 Å². The van der Waals surface area contributed by atoms with E-state index in [0.717, 1.165) is 16.7 Å². The van der Waals surface area contributed by atoms with Gasteiger partial charge in [-0.2, -0.15) is 15.2 Å². The highest BCUT2D eigenvalue weighted by atomic mass is 15.3. The first-order valence-electron chi connectivity index (χ1n) is 8.16. The van der Waals surface area contributed by atoms with Crippen molar-refractivity contribution in [2.24, 2.45) is 13.0 Å². The number of rotatable bonds is 3. The number of fused-ring (bicyclic) bond motifs is 1. The van der Waals surface area contributed by atoms with Crippen LogP contribution >= 0.6 is 0 Å². The molecule has 3 heterocycles. The van der Waals surface area contributed by atoms with Crippen LogP contribution in [0.2, 0.25) is 0 Å². The molecule has 1 aliphatic carbocycles. The van der Waals surface area contributed by atoms with Crippen LogP contribution in [0.15, 0.2) is 24.8 Å². The molecule has 0 aromatic carbocycles. The second kappa shape index (κ2) is 5.64. The van der Waals surface area contributed by atoms with E-state index in [2.05, 4.69) is 32.1 Å². The van der Waals surface area contributed by atoms with E-state index in [9.17, 15) is 0 Å². The van der Waals surface area contributed by atoms with E-state index < -0.39 is 0 Å². The van der Waals surface area contributed by atoms with E-state index in [1.165, 1.54) is 25.7 Å². The summed E-state index contributed by atoms with van der Waals surface area (Å²) in [6, 6.07) is 0.433. The van der Waals surface area contributed by atoms with Crippen LogP contribution < -0.4 is 5.32 Å². The Labute approximate surface area is 134 Å². The molecule has 7 nitrogen and oxygen atoms in total. The third kappa shape index (κ3) is 2.67. The molecule has 1 fully saturated rings. The fourth-order valence-corrected chi connectivity index (χ4v) is 3.41. The molecule has 23 heavy (non-hydrogen) atoms. The third-order valence-corrected chi connectivity index (χ3v) is 4.68. The molecule has 4 rings (SSSR count). The highest BCUT2D eigenvalue weighted by Crippen LogP contribution is 2.34. The Morgan fingerprint density at radius 3 is 2.78 bits per heavy atom. The van der Waals surface area contributed by atoms with Gasteiger partial charge in [-0.1, -0.05) is 19.8 Å². The Hall–Kier alpha value is -2.44. The van der Waals surface area contributed by atoms with Gasteiger partial charge in [-0.25, -0.2) is 9.67 Å². The number of nitrogens with one attached hydrogen (secondary N) is 1. The molecule has 1 saturated carbocycles. The minimum Gasteiger partial charge on any atom is -0.321 e. The van der Waals surface area contributed by atoms with Crippen molar-refractivity contribution in [1.29, 1.82) is 0 Å². The van der Waals surface area contributed by atoms with E-state index in [4.69, 9.17) is 4.98 Å². The van der Waals surface area contributed by atoms with Crippen LogP contribution in [0.4, 0.5) is 11.6 Å². The number of hydrogen-bond donors (Lipinski definition) is 1. The normalized spacial score (nSPS) is 21.7. The lowest BCUT2D eigenvalue weighted by molar-refractivity contribution is 0.245. The summed E-state index contributed by atoms with van der Waals surface area (Å²) in [6.07, 6.45) is 12.4. The number of nitrogens with zero attached hydrogens (tertiary/aromatic N) is 6. The summed E-state index contributed by atoms with van der Waals surface area (Å²) in [5.74, 6) is 1.22. The number of hydrogen-bond acceptors (Lipinski definition) is 5. The zero-order chi connectivity index (χ0) is 15.8. The lowest BCUT2D eigenvalue weighted by atomic mass is 9.86. The molecule has 120 valence electrons. The van der Waals surface area contributed by atoms with Gasteiger partial charge in [-0.3, -0.25) is 4.68 Å². The minimum atomic E-state index is 0.433. The molecule has 3 aromatic rings. The van der Waals surface area contributed by atoms with E-state index in [1.54, 1.807) is 10.9 Å². The Kier molecular flexibility index (Phi) is 3.48. The maximum Gasteiger partial charge on any atom is 0.229 e. The summed E-state index contributed by atoms with van der Waals surface area (Å²) in [5.41, 5.74) is 1.79. The number of aromatic nitrogens is 6. The van der Waals surface area contributed by atoms with Crippen molar-refractivity contribution >= 4 is 22.7 Å². The smallest absolute Gasteiger partial charge is 0.229 e. The molecule has 3 aromatic heterocycles. The summed E-state index contributed by atoms with van der Waals surface area (Å²) >= 11 is 0. The summed E-state index contributed by atoms with van der Waals surface area (Å²) in [5, 5.41) is 12.9. The molecule has 0 spiro atoms. The second-order valence-electron chi connectivity index (χ2n) is 6.42. The zero-order valence-corrected chi connectivity index (χ0v) is 13.5. The first-order valence-corrected chi connectivity index (χ1v) is 8.16. The van der Waals surface area contributed by atoms with Crippen LogP contribution in [0.1, 0.15) is 38.6 Å². The minimum absolute atomic E-state index is 0.433. The van der Waals surface area contributed by atoms with Gasteiger partial charge in [0.15, 0.2) is 5.65 Å². The molecule has 0 amide bonds. The van der Waals surface area contributed by atoms with Crippen LogP contribution in [0.25, 0.3) is 11.0 Å². The van der Waals surface area contributed by atoms with Crippen LogP contribution in [0.5, 0.6) is 0 Å². The Balaban J connectivity index is 1.68. The standard InChI is InChI=1S/C16H21N7/c1-11-5-3-4-6-14(11)23-15-12(8-19-23)7-17-16(21-15)20-13-9-18-22(2)10-13/h7-11,14H,3-6H2,1-2H3,(H,17,20,21)/t11-,14+/m0/s1. The third-order valence-electron chi connectivity index (χ3n) is 4.68. The molecular formula is C16H21N7. The average Bonchev–Trinajstić information content (AvgIpc) is 3.14. The van der Waals surface area contributed by atoms with Crippen LogP contribution in [-0.2, 0) is 7.05 Å². The quantitative estimate of drug-likeness (QED) is 0.804. The van der Waals surface area contributed by atoms with Crippen molar-refractivity contribution in [2.75, 3.05) is 5.32 Å². The van der Waals surface area contributed by atoms with E-state index in [-0.39, 0.29) is 0 Å². The summed E-state index contributed by atoms with van der Waals surface area (Å²) in [6.45, 7) is 2.31. The Morgan fingerprint density at radius 2 is 2.00 bits per heavy atom. The van der Waals surface area contributed by atoms with E-state index in [0.29, 0.717) is 17.9 Å². The van der Waals surface area contributed by atoms with Crippen molar-refractivity contribution in [2.45, 2.75) is 38.6 Å².